The van der Waals surface area contributed by atoms with E-state index in [-0.39, 0.29) is 6.10 Å². The fourth-order valence-corrected chi connectivity index (χ4v) is 1.22. The van der Waals surface area contributed by atoms with Gasteiger partial charge in [0.15, 0.2) is 0 Å². The first kappa shape index (κ1) is 11.8. The largest absolute Gasteiger partial charge is 0.481 e. The van der Waals surface area contributed by atoms with E-state index in [9.17, 15) is 5.11 Å². The van der Waals surface area contributed by atoms with Gasteiger partial charge in [0, 0.05) is 24.5 Å². The van der Waals surface area contributed by atoms with Crippen LogP contribution in [0.5, 0.6) is 5.88 Å². The molecule has 0 radical (unpaired) electrons. The molecule has 1 heterocycles. The Bertz CT molecular complexity index is 292. The van der Waals surface area contributed by atoms with Crippen molar-refractivity contribution in [2.24, 2.45) is 0 Å². The summed E-state index contributed by atoms with van der Waals surface area (Å²) in [6.45, 7) is 2.72. The monoisotopic (exact) mass is 210 g/mol. The summed E-state index contributed by atoms with van der Waals surface area (Å²) in [7, 11) is 1.59. The van der Waals surface area contributed by atoms with Gasteiger partial charge in [0.1, 0.15) is 0 Å². The molecule has 0 aliphatic rings. The van der Waals surface area contributed by atoms with Crippen LogP contribution in [0.4, 0.5) is 5.69 Å². The van der Waals surface area contributed by atoms with Crippen molar-refractivity contribution in [1.82, 2.24) is 4.98 Å². The van der Waals surface area contributed by atoms with E-state index in [0.29, 0.717) is 5.88 Å². The normalized spacial score (nSPS) is 12.2. The van der Waals surface area contributed by atoms with Crippen LogP contribution in [0.3, 0.4) is 0 Å². The molecule has 0 saturated heterocycles. The number of ether oxygens (including phenoxy) is 1. The van der Waals surface area contributed by atoms with Gasteiger partial charge < -0.3 is 15.2 Å². The van der Waals surface area contributed by atoms with E-state index in [1.807, 2.05) is 19.1 Å². The van der Waals surface area contributed by atoms with Crippen LogP contribution in [0.25, 0.3) is 0 Å². The second kappa shape index (κ2) is 6.24. The summed E-state index contributed by atoms with van der Waals surface area (Å²) in [6, 6.07) is 3.71. The minimum atomic E-state index is -0.221. The zero-order chi connectivity index (χ0) is 11.1. The summed E-state index contributed by atoms with van der Waals surface area (Å²) in [4.78, 5) is 4.01. The Balaban J connectivity index is 2.37. The van der Waals surface area contributed by atoms with Gasteiger partial charge in [0.25, 0.3) is 0 Å². The zero-order valence-corrected chi connectivity index (χ0v) is 9.23. The maximum absolute atomic E-state index is 9.36. The molecule has 84 valence electrons. The quantitative estimate of drug-likeness (QED) is 0.749. The van der Waals surface area contributed by atoms with Gasteiger partial charge in [-0.25, -0.2) is 4.98 Å². The first-order valence-electron chi connectivity index (χ1n) is 5.18. The van der Waals surface area contributed by atoms with Crippen molar-refractivity contribution in [3.05, 3.63) is 18.3 Å². The maximum Gasteiger partial charge on any atom is 0.214 e. The molecule has 0 aliphatic heterocycles. The number of aliphatic hydroxyl groups excluding tert-OH is 1. The first-order valence-corrected chi connectivity index (χ1v) is 5.18. The van der Waals surface area contributed by atoms with Crippen LogP contribution < -0.4 is 10.1 Å². The van der Waals surface area contributed by atoms with Gasteiger partial charge in [-0.3, -0.25) is 0 Å². The van der Waals surface area contributed by atoms with Crippen molar-refractivity contribution >= 4 is 5.69 Å². The van der Waals surface area contributed by atoms with Gasteiger partial charge in [-0.1, -0.05) is 6.92 Å². The minimum absolute atomic E-state index is 0.221. The molecule has 1 atom stereocenters. The van der Waals surface area contributed by atoms with Crippen molar-refractivity contribution in [3.8, 4) is 5.88 Å². The molecule has 2 N–H and O–H groups in total. The van der Waals surface area contributed by atoms with Crippen LogP contribution in [0.1, 0.15) is 19.8 Å². The molecular formula is C11H18N2O2. The third-order valence-corrected chi connectivity index (χ3v) is 2.22. The van der Waals surface area contributed by atoms with Crippen LogP contribution >= 0.6 is 0 Å². The standard InChI is InChI=1S/C11H18N2O2/c1-3-10(14)5-7-12-9-4-6-13-11(8-9)15-2/h4,6,8,10,14H,3,5,7H2,1-2H3,(H,12,13). The highest BCUT2D eigenvalue weighted by molar-refractivity contribution is 5.44. The van der Waals surface area contributed by atoms with Crippen LogP contribution in [-0.4, -0.2) is 29.8 Å². The fraction of sp³-hybridized carbons (Fsp3) is 0.545. The lowest BCUT2D eigenvalue weighted by Gasteiger charge is -2.10. The van der Waals surface area contributed by atoms with E-state index in [2.05, 4.69) is 10.3 Å². The highest BCUT2D eigenvalue weighted by Gasteiger charge is 2.00. The van der Waals surface area contributed by atoms with Crippen LogP contribution in [0.15, 0.2) is 18.3 Å². The number of aliphatic hydroxyl groups is 1. The number of hydrogen-bond acceptors (Lipinski definition) is 4. The van der Waals surface area contributed by atoms with Gasteiger partial charge in [-0.05, 0) is 18.9 Å². The Morgan fingerprint density at radius 3 is 3.07 bits per heavy atom. The molecule has 0 saturated carbocycles. The molecule has 0 bridgehead atoms. The van der Waals surface area contributed by atoms with Crippen molar-refractivity contribution in [3.63, 3.8) is 0 Å². The summed E-state index contributed by atoms with van der Waals surface area (Å²) in [5.41, 5.74) is 0.963. The van der Waals surface area contributed by atoms with Gasteiger partial charge in [0.2, 0.25) is 5.88 Å². The fourth-order valence-electron chi connectivity index (χ4n) is 1.22. The average molecular weight is 210 g/mol. The lowest BCUT2D eigenvalue weighted by Crippen LogP contribution is -2.12. The van der Waals surface area contributed by atoms with E-state index in [4.69, 9.17) is 4.74 Å². The van der Waals surface area contributed by atoms with E-state index >= 15 is 0 Å². The molecule has 0 amide bonds. The lowest BCUT2D eigenvalue weighted by molar-refractivity contribution is 0.164. The van der Waals surface area contributed by atoms with Crippen LogP contribution in [0, 0.1) is 0 Å². The van der Waals surface area contributed by atoms with E-state index in [0.717, 1.165) is 25.1 Å². The van der Waals surface area contributed by atoms with Crippen molar-refractivity contribution in [2.45, 2.75) is 25.9 Å². The van der Waals surface area contributed by atoms with Gasteiger partial charge >= 0.3 is 0 Å². The van der Waals surface area contributed by atoms with E-state index < -0.39 is 0 Å². The summed E-state index contributed by atoms with van der Waals surface area (Å²) in [5, 5.41) is 12.6. The van der Waals surface area contributed by atoms with Crippen molar-refractivity contribution < 1.29 is 9.84 Å². The predicted octanol–water partition coefficient (Wildman–Crippen LogP) is 1.66. The van der Waals surface area contributed by atoms with Crippen LogP contribution in [-0.2, 0) is 0 Å². The highest BCUT2D eigenvalue weighted by atomic mass is 16.5. The Morgan fingerprint density at radius 2 is 2.40 bits per heavy atom. The molecule has 4 heteroatoms. The van der Waals surface area contributed by atoms with Gasteiger partial charge in [0.05, 0.1) is 13.2 Å². The summed E-state index contributed by atoms with van der Waals surface area (Å²) in [6.07, 6.45) is 3.01. The molecule has 0 spiro atoms. The van der Waals surface area contributed by atoms with E-state index in [1.54, 1.807) is 13.3 Å². The molecular weight excluding hydrogens is 192 g/mol. The Kier molecular flexibility index (Phi) is 4.90. The Hall–Kier alpha value is -1.29. The topological polar surface area (TPSA) is 54.4 Å². The minimum Gasteiger partial charge on any atom is -0.481 e. The van der Waals surface area contributed by atoms with Gasteiger partial charge in [-0.15, -0.1) is 0 Å². The summed E-state index contributed by atoms with van der Waals surface area (Å²) in [5.74, 6) is 0.594. The molecule has 0 aromatic carbocycles. The number of aromatic nitrogens is 1. The van der Waals surface area contributed by atoms with Gasteiger partial charge in [-0.2, -0.15) is 0 Å². The second-order valence-electron chi connectivity index (χ2n) is 3.36. The van der Waals surface area contributed by atoms with E-state index in [1.165, 1.54) is 0 Å². The number of pyridine rings is 1. The van der Waals surface area contributed by atoms with Crippen molar-refractivity contribution in [2.75, 3.05) is 19.0 Å². The first-order chi connectivity index (χ1) is 7.26. The Morgan fingerprint density at radius 1 is 1.60 bits per heavy atom. The molecule has 0 aliphatic carbocycles. The molecule has 1 aromatic heterocycles. The molecule has 0 fully saturated rings. The Labute approximate surface area is 90.3 Å². The molecule has 1 aromatic rings. The third kappa shape index (κ3) is 4.16. The average Bonchev–Trinajstić information content (AvgIpc) is 2.29. The smallest absolute Gasteiger partial charge is 0.214 e. The summed E-state index contributed by atoms with van der Waals surface area (Å²) >= 11 is 0. The number of methoxy groups -OCH3 is 1. The molecule has 1 unspecified atom stereocenters. The summed E-state index contributed by atoms with van der Waals surface area (Å²) < 4.78 is 5.00. The predicted molar refractivity (Wildman–Crippen MR) is 60.2 cm³/mol. The number of rotatable bonds is 6. The molecule has 4 nitrogen and oxygen atoms in total. The lowest BCUT2D eigenvalue weighted by atomic mass is 10.2. The third-order valence-electron chi connectivity index (χ3n) is 2.22. The van der Waals surface area contributed by atoms with Crippen LogP contribution in [0.2, 0.25) is 0 Å². The number of hydrogen-bond donors (Lipinski definition) is 2. The number of anilines is 1. The van der Waals surface area contributed by atoms with Crippen molar-refractivity contribution in [1.29, 1.82) is 0 Å². The number of nitrogens with one attached hydrogen (secondary N) is 1. The molecule has 1 rings (SSSR count). The zero-order valence-electron chi connectivity index (χ0n) is 9.23. The SMILES string of the molecule is CCC(O)CCNc1ccnc(OC)c1. The number of nitrogens with zero attached hydrogens (tertiary/aromatic N) is 1. The second-order valence-corrected chi connectivity index (χ2v) is 3.36. The maximum atomic E-state index is 9.36. The molecule has 15 heavy (non-hydrogen) atoms. The highest BCUT2D eigenvalue weighted by Crippen LogP contribution is 2.13.